The molecule has 0 bridgehead atoms. The van der Waals surface area contributed by atoms with E-state index in [0.717, 1.165) is 11.1 Å². The Morgan fingerprint density at radius 2 is 1.81 bits per heavy atom. The van der Waals surface area contributed by atoms with Crippen LogP contribution in [-0.4, -0.2) is 24.3 Å². The number of rotatable bonds is 6. The lowest BCUT2D eigenvalue weighted by atomic mass is 10.1. The van der Waals surface area contributed by atoms with Crippen LogP contribution in [0.1, 0.15) is 11.1 Å². The summed E-state index contributed by atoms with van der Waals surface area (Å²) in [7, 11) is 1.57. The largest absolute Gasteiger partial charge is 0.497 e. The molecule has 1 atom stereocenters. The highest BCUT2D eigenvalue weighted by molar-refractivity contribution is 5.74. The molecule has 0 saturated carbocycles. The van der Waals surface area contributed by atoms with Gasteiger partial charge in [-0.15, -0.1) is 0 Å². The van der Waals surface area contributed by atoms with Crippen molar-refractivity contribution in [2.75, 3.05) is 7.11 Å². The summed E-state index contributed by atoms with van der Waals surface area (Å²) < 4.78 is 10.2. The Bertz CT molecular complexity index is 580. The second-order valence-corrected chi connectivity index (χ2v) is 4.66. The number of benzene rings is 2. The number of ether oxygens (including phenoxy) is 2. The second kappa shape index (κ2) is 7.45. The van der Waals surface area contributed by atoms with Gasteiger partial charge in [-0.25, -0.2) is 4.79 Å². The van der Waals surface area contributed by atoms with Gasteiger partial charge in [0.2, 0.25) is 0 Å². The molecule has 0 aliphatic carbocycles. The first kappa shape index (κ1) is 15.1. The van der Waals surface area contributed by atoms with E-state index in [4.69, 9.17) is 9.47 Å². The maximum atomic E-state index is 11.8. The van der Waals surface area contributed by atoms with Crippen LogP contribution in [0, 0.1) is 0 Å². The fourth-order valence-electron chi connectivity index (χ4n) is 1.93. The first-order valence-corrected chi connectivity index (χ1v) is 6.70. The van der Waals surface area contributed by atoms with Crippen molar-refractivity contribution in [1.29, 1.82) is 0 Å². The molecule has 2 aromatic carbocycles. The lowest BCUT2D eigenvalue weighted by Crippen LogP contribution is -2.25. The third-order valence-electron chi connectivity index (χ3n) is 3.06. The molecular weight excluding hydrogens is 268 g/mol. The van der Waals surface area contributed by atoms with Gasteiger partial charge in [0.05, 0.1) is 7.11 Å². The Hall–Kier alpha value is -2.33. The molecule has 0 radical (unpaired) electrons. The molecule has 4 nitrogen and oxygen atoms in total. The van der Waals surface area contributed by atoms with Crippen LogP contribution in [0.4, 0.5) is 0 Å². The van der Waals surface area contributed by atoms with Crippen molar-refractivity contribution in [2.24, 2.45) is 0 Å². The molecule has 21 heavy (non-hydrogen) atoms. The van der Waals surface area contributed by atoms with Crippen LogP contribution in [0.15, 0.2) is 54.6 Å². The molecule has 0 aromatic heterocycles. The molecule has 0 unspecified atom stereocenters. The molecule has 4 heteroatoms. The van der Waals surface area contributed by atoms with Gasteiger partial charge in [-0.05, 0) is 23.3 Å². The van der Waals surface area contributed by atoms with E-state index in [1.54, 1.807) is 13.2 Å². The maximum absolute atomic E-state index is 11.8. The molecule has 110 valence electrons. The Kier molecular flexibility index (Phi) is 5.35. The van der Waals surface area contributed by atoms with E-state index in [9.17, 15) is 9.90 Å². The van der Waals surface area contributed by atoms with Crippen LogP contribution in [0.3, 0.4) is 0 Å². The van der Waals surface area contributed by atoms with Crippen molar-refractivity contribution < 1.29 is 19.4 Å². The van der Waals surface area contributed by atoms with Crippen molar-refractivity contribution in [3.8, 4) is 5.75 Å². The van der Waals surface area contributed by atoms with Crippen LogP contribution in [0.2, 0.25) is 0 Å². The summed E-state index contributed by atoms with van der Waals surface area (Å²) in [5, 5.41) is 9.90. The van der Waals surface area contributed by atoms with Gasteiger partial charge >= 0.3 is 5.97 Å². The SMILES string of the molecule is COc1cccc(C[C@@H](O)C(=O)OCc2ccccc2)c1. The van der Waals surface area contributed by atoms with E-state index in [1.165, 1.54) is 0 Å². The zero-order chi connectivity index (χ0) is 15.1. The fourth-order valence-corrected chi connectivity index (χ4v) is 1.93. The van der Waals surface area contributed by atoms with E-state index in [0.29, 0.717) is 5.75 Å². The topological polar surface area (TPSA) is 55.8 Å². The zero-order valence-electron chi connectivity index (χ0n) is 11.9. The summed E-state index contributed by atoms with van der Waals surface area (Å²) in [4.78, 5) is 11.8. The number of aliphatic hydroxyl groups is 1. The van der Waals surface area contributed by atoms with Gasteiger partial charge in [0, 0.05) is 6.42 Å². The van der Waals surface area contributed by atoms with Crippen molar-refractivity contribution in [2.45, 2.75) is 19.1 Å². The Labute approximate surface area is 123 Å². The Balaban J connectivity index is 1.87. The molecule has 1 N–H and O–H groups in total. The van der Waals surface area contributed by atoms with Gasteiger partial charge in [-0.2, -0.15) is 0 Å². The number of esters is 1. The fraction of sp³-hybridized carbons (Fsp3) is 0.235. The summed E-state index contributed by atoms with van der Waals surface area (Å²) in [6.45, 7) is 0.162. The first-order chi connectivity index (χ1) is 10.2. The monoisotopic (exact) mass is 286 g/mol. The predicted octanol–water partition coefficient (Wildman–Crippen LogP) is 2.34. The van der Waals surface area contributed by atoms with E-state index >= 15 is 0 Å². The Morgan fingerprint density at radius 1 is 1.10 bits per heavy atom. The Morgan fingerprint density at radius 3 is 2.52 bits per heavy atom. The van der Waals surface area contributed by atoms with Crippen molar-refractivity contribution in [3.05, 3.63) is 65.7 Å². The summed E-state index contributed by atoms with van der Waals surface area (Å²) in [5.41, 5.74) is 1.71. The van der Waals surface area contributed by atoms with E-state index in [-0.39, 0.29) is 13.0 Å². The maximum Gasteiger partial charge on any atom is 0.335 e. The standard InChI is InChI=1S/C17H18O4/c1-20-15-9-5-8-14(10-15)11-16(18)17(19)21-12-13-6-3-2-4-7-13/h2-10,16,18H,11-12H2,1H3/t16-/m1/s1. The zero-order valence-corrected chi connectivity index (χ0v) is 11.9. The molecule has 0 aliphatic rings. The average molecular weight is 286 g/mol. The van der Waals surface area contributed by atoms with Gasteiger partial charge in [0.25, 0.3) is 0 Å². The van der Waals surface area contributed by atoms with Gasteiger partial charge in [-0.3, -0.25) is 0 Å². The second-order valence-electron chi connectivity index (χ2n) is 4.66. The van der Waals surface area contributed by atoms with Gasteiger partial charge < -0.3 is 14.6 Å². The number of carbonyl (C=O) groups is 1. The smallest absolute Gasteiger partial charge is 0.335 e. The molecule has 0 fully saturated rings. The van der Waals surface area contributed by atoms with Crippen LogP contribution < -0.4 is 4.74 Å². The molecule has 2 aromatic rings. The number of aliphatic hydroxyl groups excluding tert-OH is 1. The van der Waals surface area contributed by atoms with Crippen molar-refractivity contribution in [3.63, 3.8) is 0 Å². The number of methoxy groups -OCH3 is 1. The summed E-state index contributed by atoms with van der Waals surface area (Å²) in [6.07, 6.45) is -0.981. The number of hydrogen-bond donors (Lipinski definition) is 1. The highest BCUT2D eigenvalue weighted by atomic mass is 16.5. The van der Waals surface area contributed by atoms with Gasteiger partial charge in [-0.1, -0.05) is 42.5 Å². The third-order valence-corrected chi connectivity index (χ3v) is 3.06. The van der Waals surface area contributed by atoms with Crippen molar-refractivity contribution in [1.82, 2.24) is 0 Å². The highest BCUT2D eigenvalue weighted by Crippen LogP contribution is 2.14. The van der Waals surface area contributed by atoms with Crippen LogP contribution in [-0.2, 0) is 22.6 Å². The summed E-state index contributed by atoms with van der Waals surface area (Å²) >= 11 is 0. The van der Waals surface area contributed by atoms with Gasteiger partial charge in [0.15, 0.2) is 6.10 Å². The number of carbonyl (C=O) groups excluding carboxylic acids is 1. The van der Waals surface area contributed by atoms with E-state index in [2.05, 4.69) is 0 Å². The van der Waals surface area contributed by atoms with E-state index in [1.807, 2.05) is 48.5 Å². The molecule has 2 rings (SSSR count). The predicted molar refractivity (Wildman–Crippen MR) is 78.9 cm³/mol. The molecule has 0 spiro atoms. The molecule has 0 saturated heterocycles. The van der Waals surface area contributed by atoms with Crippen LogP contribution in [0.25, 0.3) is 0 Å². The molecule has 0 amide bonds. The minimum absolute atomic E-state index is 0.162. The van der Waals surface area contributed by atoms with Crippen molar-refractivity contribution >= 4 is 5.97 Å². The highest BCUT2D eigenvalue weighted by Gasteiger charge is 2.17. The molecule has 0 heterocycles. The normalized spacial score (nSPS) is 11.7. The van der Waals surface area contributed by atoms with Crippen LogP contribution in [0.5, 0.6) is 5.75 Å². The van der Waals surface area contributed by atoms with Gasteiger partial charge in [0.1, 0.15) is 12.4 Å². The number of hydrogen-bond acceptors (Lipinski definition) is 4. The van der Waals surface area contributed by atoms with Crippen LogP contribution >= 0.6 is 0 Å². The first-order valence-electron chi connectivity index (χ1n) is 6.70. The lowest BCUT2D eigenvalue weighted by molar-refractivity contribution is -0.154. The minimum atomic E-state index is -1.18. The minimum Gasteiger partial charge on any atom is -0.497 e. The average Bonchev–Trinajstić information content (AvgIpc) is 2.53. The summed E-state index contributed by atoms with van der Waals surface area (Å²) in [6, 6.07) is 16.6. The molecular formula is C17H18O4. The quantitative estimate of drug-likeness (QED) is 0.828. The summed E-state index contributed by atoms with van der Waals surface area (Å²) in [5.74, 6) is 0.0685. The lowest BCUT2D eigenvalue weighted by Gasteiger charge is -2.11. The van der Waals surface area contributed by atoms with E-state index < -0.39 is 12.1 Å². The molecule has 0 aliphatic heterocycles. The third kappa shape index (κ3) is 4.61.